The van der Waals surface area contributed by atoms with E-state index < -0.39 is 5.60 Å². The number of fused-ring (bicyclic) bond motifs is 1. The second-order valence-electron chi connectivity index (χ2n) is 6.22. The zero-order valence-electron chi connectivity index (χ0n) is 12.6. The summed E-state index contributed by atoms with van der Waals surface area (Å²) in [7, 11) is 0. The highest BCUT2D eigenvalue weighted by Crippen LogP contribution is 2.25. The number of hydrogen-bond acceptors (Lipinski definition) is 4. The first kappa shape index (κ1) is 14.3. The summed E-state index contributed by atoms with van der Waals surface area (Å²) in [5.74, 6) is 0.725. The zero-order valence-corrected chi connectivity index (χ0v) is 12.6. The van der Waals surface area contributed by atoms with Crippen molar-refractivity contribution in [2.45, 2.75) is 38.3 Å². The van der Waals surface area contributed by atoms with Gasteiger partial charge in [-0.15, -0.1) is 0 Å². The summed E-state index contributed by atoms with van der Waals surface area (Å²) in [5.41, 5.74) is 0.929. The molecule has 1 fully saturated rings. The predicted octanol–water partition coefficient (Wildman–Crippen LogP) is 2.43. The molecule has 1 aliphatic rings. The van der Waals surface area contributed by atoms with E-state index in [9.17, 15) is 5.11 Å². The van der Waals surface area contributed by atoms with Gasteiger partial charge < -0.3 is 15.2 Å². The minimum atomic E-state index is -0.880. The third-order valence-electron chi connectivity index (χ3n) is 3.71. The quantitative estimate of drug-likeness (QED) is 0.856. The second kappa shape index (κ2) is 5.62. The number of hydrogen-bond donors (Lipinski definition) is 2. The summed E-state index contributed by atoms with van der Waals surface area (Å²) < 4.78 is 5.84. The summed E-state index contributed by atoms with van der Waals surface area (Å²) in [6.45, 7) is 4.56. The van der Waals surface area contributed by atoms with E-state index in [4.69, 9.17) is 4.74 Å². The van der Waals surface area contributed by atoms with Crippen LogP contribution in [0.3, 0.4) is 0 Å². The molecule has 0 radical (unpaired) electrons. The van der Waals surface area contributed by atoms with Crippen LogP contribution in [0.5, 0.6) is 5.75 Å². The maximum atomic E-state index is 10.4. The maximum Gasteiger partial charge on any atom is 0.145 e. The lowest BCUT2D eigenvalue weighted by molar-refractivity contribution is 0.0124. The summed E-state index contributed by atoms with van der Waals surface area (Å²) in [5, 5.41) is 14.8. The number of aliphatic hydroxyl groups is 1. The van der Waals surface area contributed by atoms with Gasteiger partial charge in [-0.3, -0.25) is 0 Å². The van der Waals surface area contributed by atoms with Crippen molar-refractivity contribution in [3.05, 3.63) is 36.0 Å². The molecule has 0 saturated heterocycles. The van der Waals surface area contributed by atoms with Gasteiger partial charge in [0.2, 0.25) is 0 Å². The van der Waals surface area contributed by atoms with Crippen LogP contribution in [0, 0.1) is 6.92 Å². The van der Waals surface area contributed by atoms with Crippen molar-refractivity contribution in [1.82, 2.24) is 10.3 Å². The van der Waals surface area contributed by atoms with E-state index in [1.165, 1.54) is 12.8 Å². The molecule has 0 spiro atoms. The summed E-state index contributed by atoms with van der Waals surface area (Å²) >= 11 is 0. The standard InChI is InChI=1S/C17H22N2O2/c1-12-6-7-13-4-3-5-15(16(13)19-12)21-11-17(2,20)10-18-14-8-9-14/h3-7,14,18,20H,8-11H2,1-2H3. The van der Waals surface area contributed by atoms with Crippen LogP contribution in [0.4, 0.5) is 0 Å². The van der Waals surface area contributed by atoms with Gasteiger partial charge in [-0.1, -0.05) is 18.2 Å². The number of nitrogens with zero attached hydrogens (tertiary/aromatic N) is 1. The molecule has 1 aliphatic carbocycles. The first-order valence-electron chi connectivity index (χ1n) is 7.48. The number of nitrogens with one attached hydrogen (secondary N) is 1. The highest BCUT2D eigenvalue weighted by Gasteiger charge is 2.27. The minimum absolute atomic E-state index is 0.251. The third-order valence-corrected chi connectivity index (χ3v) is 3.71. The molecule has 1 saturated carbocycles. The molecule has 1 heterocycles. The van der Waals surface area contributed by atoms with Gasteiger partial charge in [0.15, 0.2) is 0 Å². The Morgan fingerprint density at radius 3 is 2.90 bits per heavy atom. The summed E-state index contributed by atoms with van der Waals surface area (Å²) in [4.78, 5) is 4.54. The van der Waals surface area contributed by atoms with Crippen LogP contribution in [0.2, 0.25) is 0 Å². The van der Waals surface area contributed by atoms with Crippen molar-refractivity contribution >= 4 is 10.9 Å². The molecule has 1 aromatic heterocycles. The van der Waals surface area contributed by atoms with Crippen LogP contribution in [-0.2, 0) is 0 Å². The molecule has 0 bridgehead atoms. The van der Waals surface area contributed by atoms with Gasteiger partial charge in [0, 0.05) is 23.7 Å². The monoisotopic (exact) mass is 286 g/mol. The normalized spacial score (nSPS) is 17.7. The van der Waals surface area contributed by atoms with Gasteiger partial charge >= 0.3 is 0 Å². The SMILES string of the molecule is Cc1ccc2cccc(OCC(C)(O)CNC3CC3)c2n1. The van der Waals surface area contributed by atoms with Crippen molar-refractivity contribution < 1.29 is 9.84 Å². The molecule has 1 unspecified atom stereocenters. The Balaban J connectivity index is 1.70. The molecule has 4 nitrogen and oxygen atoms in total. The first-order valence-corrected chi connectivity index (χ1v) is 7.48. The van der Waals surface area contributed by atoms with Crippen molar-refractivity contribution in [2.24, 2.45) is 0 Å². The van der Waals surface area contributed by atoms with Crippen LogP contribution in [0.1, 0.15) is 25.5 Å². The molecular weight excluding hydrogens is 264 g/mol. The number of pyridine rings is 1. The van der Waals surface area contributed by atoms with Crippen LogP contribution in [0.15, 0.2) is 30.3 Å². The molecule has 4 heteroatoms. The molecule has 1 aromatic carbocycles. The lowest BCUT2D eigenvalue weighted by Gasteiger charge is -2.24. The van der Waals surface area contributed by atoms with E-state index in [1.807, 2.05) is 37.3 Å². The van der Waals surface area contributed by atoms with Gasteiger partial charge in [-0.05, 0) is 38.8 Å². The number of benzene rings is 1. The van der Waals surface area contributed by atoms with Crippen molar-refractivity contribution in [3.8, 4) is 5.75 Å². The molecule has 2 N–H and O–H groups in total. The van der Waals surface area contributed by atoms with Crippen molar-refractivity contribution in [3.63, 3.8) is 0 Å². The number of para-hydroxylation sites is 1. The Kier molecular flexibility index (Phi) is 3.83. The topological polar surface area (TPSA) is 54.4 Å². The molecule has 0 aliphatic heterocycles. The summed E-state index contributed by atoms with van der Waals surface area (Å²) in [6.07, 6.45) is 2.42. The Bertz CT molecular complexity index is 636. The third kappa shape index (κ3) is 3.71. The van der Waals surface area contributed by atoms with Crippen LogP contribution >= 0.6 is 0 Å². The van der Waals surface area contributed by atoms with E-state index in [1.54, 1.807) is 6.92 Å². The van der Waals surface area contributed by atoms with E-state index in [2.05, 4.69) is 10.3 Å². The van der Waals surface area contributed by atoms with Crippen molar-refractivity contribution in [2.75, 3.05) is 13.2 Å². The van der Waals surface area contributed by atoms with Gasteiger partial charge in [0.1, 0.15) is 23.5 Å². The van der Waals surface area contributed by atoms with Gasteiger partial charge in [0.25, 0.3) is 0 Å². The van der Waals surface area contributed by atoms with Gasteiger partial charge in [-0.2, -0.15) is 0 Å². The number of ether oxygens (including phenoxy) is 1. The smallest absolute Gasteiger partial charge is 0.145 e. The lowest BCUT2D eigenvalue weighted by atomic mass is 10.1. The predicted molar refractivity (Wildman–Crippen MR) is 83.6 cm³/mol. The first-order chi connectivity index (χ1) is 10.0. The van der Waals surface area contributed by atoms with E-state index in [0.717, 1.165) is 22.3 Å². The highest BCUT2D eigenvalue weighted by molar-refractivity contribution is 5.84. The molecule has 1 atom stereocenters. The Morgan fingerprint density at radius 2 is 2.14 bits per heavy atom. The maximum absolute atomic E-state index is 10.4. The molecule has 2 aromatic rings. The molecule has 3 rings (SSSR count). The van der Waals surface area contributed by atoms with Crippen LogP contribution in [0.25, 0.3) is 10.9 Å². The number of aryl methyl sites for hydroxylation is 1. The fourth-order valence-electron chi connectivity index (χ4n) is 2.27. The largest absolute Gasteiger partial charge is 0.488 e. The van der Waals surface area contributed by atoms with E-state index in [-0.39, 0.29) is 6.61 Å². The highest BCUT2D eigenvalue weighted by atomic mass is 16.5. The fraction of sp³-hybridized carbons (Fsp3) is 0.471. The average molecular weight is 286 g/mol. The Morgan fingerprint density at radius 1 is 1.33 bits per heavy atom. The lowest BCUT2D eigenvalue weighted by Crippen LogP contribution is -2.43. The van der Waals surface area contributed by atoms with E-state index >= 15 is 0 Å². The van der Waals surface area contributed by atoms with Crippen LogP contribution < -0.4 is 10.1 Å². The van der Waals surface area contributed by atoms with E-state index in [0.29, 0.717) is 12.6 Å². The fourth-order valence-corrected chi connectivity index (χ4v) is 2.27. The second-order valence-corrected chi connectivity index (χ2v) is 6.22. The number of rotatable bonds is 6. The average Bonchev–Trinajstić information content (AvgIpc) is 3.27. The summed E-state index contributed by atoms with van der Waals surface area (Å²) in [6, 6.07) is 10.5. The Labute approximate surface area is 125 Å². The molecular formula is C17H22N2O2. The zero-order chi connectivity index (χ0) is 14.9. The molecule has 21 heavy (non-hydrogen) atoms. The minimum Gasteiger partial charge on any atom is -0.488 e. The van der Waals surface area contributed by atoms with Crippen molar-refractivity contribution in [1.29, 1.82) is 0 Å². The van der Waals surface area contributed by atoms with Gasteiger partial charge in [0.05, 0.1) is 0 Å². The Hall–Kier alpha value is -1.65. The van der Waals surface area contributed by atoms with Gasteiger partial charge in [-0.25, -0.2) is 4.98 Å². The van der Waals surface area contributed by atoms with Crippen LogP contribution in [-0.4, -0.2) is 34.9 Å². The number of aromatic nitrogens is 1. The molecule has 0 amide bonds. The molecule has 112 valence electrons.